The fourth-order valence-electron chi connectivity index (χ4n) is 3.84. The lowest BCUT2D eigenvalue weighted by molar-refractivity contribution is 0.0678. The number of hydrogen-bond donors (Lipinski definition) is 1. The van der Waals surface area contributed by atoms with Crippen LogP contribution in [0.1, 0.15) is 44.7 Å². The van der Waals surface area contributed by atoms with Crippen LogP contribution in [0.2, 0.25) is 0 Å². The fraction of sp³-hybridized carbons (Fsp3) is 0.867. The molecule has 2 fully saturated rings. The van der Waals surface area contributed by atoms with E-state index in [0.29, 0.717) is 12.1 Å². The van der Waals surface area contributed by atoms with Crippen molar-refractivity contribution in [3.8, 4) is 0 Å². The van der Waals surface area contributed by atoms with Gasteiger partial charge in [-0.15, -0.1) is 5.10 Å². The smallest absolute Gasteiger partial charge is 0.0967 e. The molecule has 1 saturated carbocycles. The van der Waals surface area contributed by atoms with E-state index in [1.165, 1.54) is 32.1 Å². The van der Waals surface area contributed by atoms with Gasteiger partial charge in [-0.05, 0) is 25.7 Å². The SMILES string of the molecule is CC1CN(Cc2cn(C)nn2)C(C2CCCCC2)CN1. The maximum Gasteiger partial charge on any atom is 0.0967 e. The van der Waals surface area contributed by atoms with Crippen LogP contribution < -0.4 is 5.32 Å². The van der Waals surface area contributed by atoms with Gasteiger partial charge in [-0.1, -0.05) is 24.5 Å². The summed E-state index contributed by atoms with van der Waals surface area (Å²) >= 11 is 0. The minimum Gasteiger partial charge on any atom is -0.311 e. The number of aryl methyl sites for hydroxylation is 1. The third kappa shape index (κ3) is 3.20. The number of piperazine rings is 1. The van der Waals surface area contributed by atoms with Gasteiger partial charge in [0.2, 0.25) is 0 Å². The third-order valence-electron chi connectivity index (χ3n) is 4.86. The summed E-state index contributed by atoms with van der Waals surface area (Å²) in [5.41, 5.74) is 1.10. The Labute approximate surface area is 121 Å². The lowest BCUT2D eigenvalue weighted by atomic mass is 9.82. The van der Waals surface area contributed by atoms with Gasteiger partial charge in [-0.25, -0.2) is 0 Å². The van der Waals surface area contributed by atoms with E-state index in [2.05, 4.69) is 27.5 Å². The highest BCUT2D eigenvalue weighted by atomic mass is 15.4. The van der Waals surface area contributed by atoms with Crippen molar-refractivity contribution in [3.63, 3.8) is 0 Å². The molecule has 2 atom stereocenters. The summed E-state index contributed by atoms with van der Waals surface area (Å²) in [6, 6.07) is 1.25. The highest BCUT2D eigenvalue weighted by Crippen LogP contribution is 2.30. The first-order valence-corrected chi connectivity index (χ1v) is 8.05. The van der Waals surface area contributed by atoms with E-state index in [9.17, 15) is 0 Å². The molecule has 1 aliphatic carbocycles. The van der Waals surface area contributed by atoms with Crippen molar-refractivity contribution in [2.45, 2.75) is 57.7 Å². The van der Waals surface area contributed by atoms with E-state index >= 15 is 0 Å². The number of hydrogen-bond acceptors (Lipinski definition) is 4. The van der Waals surface area contributed by atoms with Gasteiger partial charge in [0.25, 0.3) is 0 Å². The van der Waals surface area contributed by atoms with Crippen molar-refractivity contribution in [2.75, 3.05) is 13.1 Å². The Bertz CT molecular complexity index is 424. The van der Waals surface area contributed by atoms with Gasteiger partial charge in [0, 0.05) is 45.0 Å². The van der Waals surface area contributed by atoms with E-state index in [0.717, 1.165) is 31.2 Å². The van der Waals surface area contributed by atoms with Gasteiger partial charge in [0.15, 0.2) is 0 Å². The van der Waals surface area contributed by atoms with Crippen molar-refractivity contribution < 1.29 is 0 Å². The van der Waals surface area contributed by atoms with Crippen LogP contribution in [-0.2, 0) is 13.6 Å². The molecular weight excluding hydrogens is 250 g/mol. The van der Waals surface area contributed by atoms with Crippen LogP contribution in [0, 0.1) is 5.92 Å². The monoisotopic (exact) mass is 277 g/mol. The summed E-state index contributed by atoms with van der Waals surface area (Å²) < 4.78 is 1.80. The lowest BCUT2D eigenvalue weighted by Crippen LogP contribution is -2.57. The molecule has 2 aliphatic rings. The van der Waals surface area contributed by atoms with Crippen molar-refractivity contribution in [2.24, 2.45) is 13.0 Å². The zero-order valence-electron chi connectivity index (χ0n) is 12.8. The summed E-state index contributed by atoms with van der Waals surface area (Å²) in [5, 5.41) is 12.0. The summed E-state index contributed by atoms with van der Waals surface area (Å²) in [6.45, 7) is 5.48. The molecule has 0 aromatic carbocycles. The molecule has 5 nitrogen and oxygen atoms in total. The Morgan fingerprint density at radius 3 is 2.80 bits per heavy atom. The summed E-state index contributed by atoms with van der Waals surface area (Å²) in [4.78, 5) is 2.64. The first kappa shape index (κ1) is 14.0. The molecule has 3 rings (SSSR count). The molecule has 0 radical (unpaired) electrons. The summed E-state index contributed by atoms with van der Waals surface area (Å²) in [5.74, 6) is 0.862. The van der Waals surface area contributed by atoms with Gasteiger partial charge >= 0.3 is 0 Å². The first-order valence-electron chi connectivity index (χ1n) is 8.05. The minimum absolute atomic E-state index is 0.575. The Hall–Kier alpha value is -0.940. The highest BCUT2D eigenvalue weighted by Gasteiger charge is 2.33. The Balaban J connectivity index is 1.69. The molecule has 0 amide bonds. The van der Waals surface area contributed by atoms with Crippen LogP contribution in [-0.4, -0.2) is 45.1 Å². The second-order valence-electron chi connectivity index (χ2n) is 6.59. The van der Waals surface area contributed by atoms with Crippen LogP contribution in [0.25, 0.3) is 0 Å². The van der Waals surface area contributed by atoms with Gasteiger partial charge in [0.05, 0.1) is 5.69 Å². The van der Waals surface area contributed by atoms with E-state index in [1.807, 2.05) is 13.2 Å². The molecule has 1 aromatic heterocycles. The van der Waals surface area contributed by atoms with E-state index in [1.54, 1.807) is 4.68 Å². The number of nitrogens with one attached hydrogen (secondary N) is 1. The molecule has 1 aromatic rings. The molecule has 1 aliphatic heterocycles. The molecule has 1 saturated heterocycles. The van der Waals surface area contributed by atoms with Crippen molar-refractivity contribution in [1.82, 2.24) is 25.2 Å². The maximum atomic E-state index is 4.27. The van der Waals surface area contributed by atoms with Crippen molar-refractivity contribution >= 4 is 0 Å². The standard InChI is InChI=1S/C15H27N5/c1-12-9-20(11-14-10-19(2)18-17-14)15(8-16-12)13-6-4-3-5-7-13/h10,12-13,15-16H,3-9,11H2,1-2H3. The Kier molecular flexibility index (Phi) is 4.36. The zero-order chi connectivity index (χ0) is 13.9. The molecular formula is C15H27N5. The molecule has 112 valence electrons. The second kappa shape index (κ2) is 6.22. The topological polar surface area (TPSA) is 46.0 Å². The van der Waals surface area contributed by atoms with Crippen LogP contribution in [0.15, 0.2) is 6.20 Å². The van der Waals surface area contributed by atoms with Crippen LogP contribution in [0.3, 0.4) is 0 Å². The highest BCUT2D eigenvalue weighted by molar-refractivity contribution is 4.97. The summed E-state index contributed by atoms with van der Waals surface area (Å²) in [7, 11) is 1.94. The van der Waals surface area contributed by atoms with Gasteiger partial charge < -0.3 is 5.32 Å². The Morgan fingerprint density at radius 2 is 2.10 bits per heavy atom. The maximum absolute atomic E-state index is 4.27. The first-order chi connectivity index (χ1) is 9.72. The molecule has 0 bridgehead atoms. The average molecular weight is 277 g/mol. The van der Waals surface area contributed by atoms with Crippen molar-refractivity contribution in [3.05, 3.63) is 11.9 Å². The van der Waals surface area contributed by atoms with Gasteiger partial charge in [-0.3, -0.25) is 9.58 Å². The average Bonchev–Trinajstić information content (AvgIpc) is 2.85. The predicted molar refractivity (Wildman–Crippen MR) is 79.2 cm³/mol. The number of rotatable bonds is 3. The molecule has 0 spiro atoms. The summed E-state index contributed by atoms with van der Waals surface area (Å²) in [6.07, 6.45) is 9.10. The zero-order valence-corrected chi connectivity index (χ0v) is 12.8. The van der Waals surface area contributed by atoms with Gasteiger partial charge in [0.1, 0.15) is 0 Å². The van der Waals surface area contributed by atoms with Crippen LogP contribution >= 0.6 is 0 Å². The van der Waals surface area contributed by atoms with E-state index in [4.69, 9.17) is 0 Å². The molecule has 2 heterocycles. The number of aromatic nitrogens is 3. The largest absolute Gasteiger partial charge is 0.311 e. The number of nitrogens with zero attached hydrogens (tertiary/aromatic N) is 4. The quantitative estimate of drug-likeness (QED) is 0.911. The minimum atomic E-state index is 0.575. The Morgan fingerprint density at radius 1 is 1.30 bits per heavy atom. The molecule has 2 unspecified atom stereocenters. The van der Waals surface area contributed by atoms with E-state index < -0.39 is 0 Å². The second-order valence-corrected chi connectivity index (χ2v) is 6.59. The van der Waals surface area contributed by atoms with Gasteiger partial charge in [-0.2, -0.15) is 0 Å². The van der Waals surface area contributed by atoms with Crippen molar-refractivity contribution in [1.29, 1.82) is 0 Å². The van der Waals surface area contributed by atoms with Crippen LogP contribution in [0.5, 0.6) is 0 Å². The molecule has 20 heavy (non-hydrogen) atoms. The van der Waals surface area contributed by atoms with Crippen LogP contribution in [0.4, 0.5) is 0 Å². The van der Waals surface area contributed by atoms with E-state index in [-0.39, 0.29) is 0 Å². The third-order valence-corrected chi connectivity index (χ3v) is 4.86. The molecule has 1 N–H and O–H groups in total. The fourth-order valence-corrected chi connectivity index (χ4v) is 3.84. The normalized spacial score (nSPS) is 29.7. The molecule has 5 heteroatoms. The predicted octanol–water partition coefficient (Wildman–Crippen LogP) is 1.56. The lowest BCUT2D eigenvalue weighted by Gasteiger charge is -2.44.